The van der Waals surface area contributed by atoms with Crippen LogP contribution in [-0.2, 0) is 6.61 Å². The Morgan fingerprint density at radius 3 is 2.78 bits per heavy atom. The van der Waals surface area contributed by atoms with Crippen LogP contribution in [0.3, 0.4) is 0 Å². The maximum atomic E-state index is 9.05. The number of rotatable bonds is 4. The molecule has 0 aliphatic carbocycles. The van der Waals surface area contributed by atoms with E-state index in [1.165, 1.54) is 0 Å². The molecule has 1 heterocycles. The number of thiocarbonyl (C=S) groups is 1. The van der Waals surface area contributed by atoms with Gasteiger partial charge in [-0.15, -0.1) is 0 Å². The number of ether oxygens (including phenoxy) is 1. The zero-order valence-electron chi connectivity index (χ0n) is 9.54. The van der Waals surface area contributed by atoms with E-state index in [4.69, 9.17) is 27.8 Å². The summed E-state index contributed by atoms with van der Waals surface area (Å²) in [6.07, 6.45) is 1.58. The van der Waals surface area contributed by atoms with Gasteiger partial charge in [0.1, 0.15) is 22.2 Å². The first kappa shape index (κ1) is 12.5. The van der Waals surface area contributed by atoms with Gasteiger partial charge in [0, 0.05) is 12.3 Å². The van der Waals surface area contributed by atoms with Gasteiger partial charge in [0.15, 0.2) is 0 Å². The zero-order chi connectivity index (χ0) is 13.0. The molecule has 0 radical (unpaired) electrons. The van der Waals surface area contributed by atoms with Crippen LogP contribution >= 0.6 is 12.2 Å². The van der Waals surface area contributed by atoms with E-state index in [1.807, 2.05) is 12.1 Å². The highest BCUT2D eigenvalue weighted by molar-refractivity contribution is 7.80. The fourth-order valence-corrected chi connectivity index (χ4v) is 1.56. The average Bonchev–Trinajstić information content (AvgIpc) is 2.39. The first-order chi connectivity index (χ1) is 8.69. The van der Waals surface area contributed by atoms with Crippen molar-refractivity contribution in [2.45, 2.75) is 6.61 Å². The Hall–Kier alpha value is -1.98. The Morgan fingerprint density at radius 1 is 1.28 bits per heavy atom. The Morgan fingerprint density at radius 2 is 2.06 bits per heavy atom. The Bertz CT molecular complexity index is 572. The van der Waals surface area contributed by atoms with E-state index >= 15 is 0 Å². The van der Waals surface area contributed by atoms with Crippen LogP contribution in [0.25, 0.3) is 0 Å². The zero-order valence-corrected chi connectivity index (χ0v) is 10.4. The average molecular weight is 260 g/mol. The van der Waals surface area contributed by atoms with Crippen LogP contribution in [0, 0.1) is 0 Å². The summed E-state index contributed by atoms with van der Waals surface area (Å²) in [5, 5.41) is 9.05. The minimum Gasteiger partial charge on any atom is -0.457 e. The number of benzene rings is 1. The third kappa shape index (κ3) is 3.03. The summed E-state index contributed by atoms with van der Waals surface area (Å²) >= 11 is 4.85. The molecule has 4 nitrogen and oxygen atoms in total. The molecule has 0 fully saturated rings. The lowest BCUT2D eigenvalue weighted by Crippen LogP contribution is -2.11. The number of aliphatic hydroxyl groups is 1. The standard InChI is InChI=1S/C13H12N2O2S/c14-13(18)12-7-11(4-5-15-12)17-10-3-1-2-9(6-10)8-16/h1-7,16H,8H2,(H2,14,18). The lowest BCUT2D eigenvalue weighted by atomic mass is 10.2. The van der Waals surface area contributed by atoms with Gasteiger partial charge in [-0.05, 0) is 23.8 Å². The van der Waals surface area contributed by atoms with Crippen molar-refractivity contribution in [2.75, 3.05) is 0 Å². The Balaban J connectivity index is 2.22. The van der Waals surface area contributed by atoms with Crippen molar-refractivity contribution in [3.05, 3.63) is 53.9 Å². The van der Waals surface area contributed by atoms with E-state index in [0.717, 1.165) is 5.56 Å². The number of aromatic nitrogens is 1. The molecule has 0 amide bonds. The second-order valence-electron chi connectivity index (χ2n) is 3.65. The summed E-state index contributed by atoms with van der Waals surface area (Å²) in [6.45, 7) is -0.0221. The molecule has 0 saturated carbocycles. The van der Waals surface area contributed by atoms with E-state index < -0.39 is 0 Å². The second kappa shape index (κ2) is 5.57. The molecule has 0 saturated heterocycles. The Labute approximate surface area is 110 Å². The molecular weight excluding hydrogens is 248 g/mol. The number of nitrogens with zero attached hydrogens (tertiary/aromatic N) is 1. The topological polar surface area (TPSA) is 68.4 Å². The molecule has 0 aliphatic rings. The smallest absolute Gasteiger partial charge is 0.131 e. The van der Waals surface area contributed by atoms with Crippen molar-refractivity contribution < 1.29 is 9.84 Å². The van der Waals surface area contributed by atoms with E-state index in [2.05, 4.69) is 4.98 Å². The molecule has 2 aromatic rings. The highest BCUT2D eigenvalue weighted by Crippen LogP contribution is 2.22. The highest BCUT2D eigenvalue weighted by Gasteiger charge is 2.02. The largest absolute Gasteiger partial charge is 0.457 e. The monoisotopic (exact) mass is 260 g/mol. The minimum absolute atomic E-state index is 0.0221. The van der Waals surface area contributed by atoms with Gasteiger partial charge in [-0.2, -0.15) is 0 Å². The molecule has 1 aromatic carbocycles. The fraction of sp³-hybridized carbons (Fsp3) is 0.0769. The van der Waals surface area contributed by atoms with Gasteiger partial charge >= 0.3 is 0 Å². The minimum atomic E-state index is -0.0221. The SMILES string of the molecule is NC(=S)c1cc(Oc2cccc(CO)c2)ccn1. The summed E-state index contributed by atoms with van der Waals surface area (Å²) < 4.78 is 5.65. The molecule has 0 spiro atoms. The maximum absolute atomic E-state index is 9.05. The van der Waals surface area contributed by atoms with Crippen LogP contribution in [0.4, 0.5) is 0 Å². The molecule has 5 heteroatoms. The van der Waals surface area contributed by atoms with Crippen molar-refractivity contribution in [2.24, 2.45) is 5.73 Å². The molecule has 2 rings (SSSR count). The molecule has 0 aliphatic heterocycles. The second-order valence-corrected chi connectivity index (χ2v) is 4.09. The fourth-order valence-electron chi connectivity index (χ4n) is 1.45. The van der Waals surface area contributed by atoms with Gasteiger partial charge in [-0.3, -0.25) is 4.98 Å². The van der Waals surface area contributed by atoms with Crippen LogP contribution < -0.4 is 10.5 Å². The van der Waals surface area contributed by atoms with Crippen molar-refractivity contribution in [1.82, 2.24) is 4.98 Å². The van der Waals surface area contributed by atoms with Crippen LogP contribution in [-0.4, -0.2) is 15.1 Å². The summed E-state index contributed by atoms with van der Waals surface area (Å²) in [5.74, 6) is 1.24. The van der Waals surface area contributed by atoms with Crippen molar-refractivity contribution in [3.8, 4) is 11.5 Å². The molecule has 18 heavy (non-hydrogen) atoms. The number of pyridine rings is 1. The molecule has 3 N–H and O–H groups in total. The first-order valence-corrected chi connectivity index (χ1v) is 5.73. The highest BCUT2D eigenvalue weighted by atomic mass is 32.1. The van der Waals surface area contributed by atoms with Crippen LogP contribution in [0.15, 0.2) is 42.6 Å². The number of hydrogen-bond acceptors (Lipinski definition) is 4. The van der Waals surface area contributed by atoms with E-state index in [0.29, 0.717) is 17.2 Å². The third-order valence-electron chi connectivity index (χ3n) is 2.30. The van der Waals surface area contributed by atoms with E-state index in [1.54, 1.807) is 30.5 Å². The van der Waals surface area contributed by atoms with Gasteiger partial charge in [0.25, 0.3) is 0 Å². The molecular formula is C13H12N2O2S. The molecule has 1 aromatic heterocycles. The Kier molecular flexibility index (Phi) is 3.86. The molecule has 0 atom stereocenters. The number of hydrogen-bond donors (Lipinski definition) is 2. The van der Waals surface area contributed by atoms with Gasteiger partial charge < -0.3 is 15.6 Å². The summed E-state index contributed by atoms with van der Waals surface area (Å²) in [5.41, 5.74) is 6.80. The van der Waals surface area contributed by atoms with Crippen molar-refractivity contribution >= 4 is 17.2 Å². The van der Waals surface area contributed by atoms with Gasteiger partial charge in [0.05, 0.1) is 6.61 Å². The molecule has 0 bridgehead atoms. The maximum Gasteiger partial charge on any atom is 0.131 e. The van der Waals surface area contributed by atoms with Crippen molar-refractivity contribution in [3.63, 3.8) is 0 Å². The lowest BCUT2D eigenvalue weighted by molar-refractivity contribution is 0.281. The van der Waals surface area contributed by atoms with Crippen molar-refractivity contribution in [1.29, 1.82) is 0 Å². The summed E-state index contributed by atoms with van der Waals surface area (Å²) in [4.78, 5) is 4.25. The summed E-state index contributed by atoms with van der Waals surface area (Å²) in [7, 11) is 0. The predicted octanol–water partition coefficient (Wildman–Crippen LogP) is 2.00. The first-order valence-electron chi connectivity index (χ1n) is 5.32. The van der Waals surface area contributed by atoms with Gasteiger partial charge in [-0.1, -0.05) is 24.4 Å². The molecule has 92 valence electrons. The van der Waals surface area contributed by atoms with Gasteiger partial charge in [-0.25, -0.2) is 0 Å². The van der Waals surface area contributed by atoms with Crippen LogP contribution in [0.5, 0.6) is 11.5 Å². The quantitative estimate of drug-likeness (QED) is 0.823. The van der Waals surface area contributed by atoms with Gasteiger partial charge in [0.2, 0.25) is 0 Å². The molecule has 0 unspecified atom stereocenters. The lowest BCUT2D eigenvalue weighted by Gasteiger charge is -2.07. The predicted molar refractivity (Wildman–Crippen MR) is 72.6 cm³/mol. The number of aliphatic hydroxyl groups excluding tert-OH is 1. The third-order valence-corrected chi connectivity index (χ3v) is 2.51. The van der Waals surface area contributed by atoms with E-state index in [9.17, 15) is 0 Å². The number of nitrogens with two attached hydrogens (primary N) is 1. The van der Waals surface area contributed by atoms with E-state index in [-0.39, 0.29) is 11.6 Å². The van der Waals surface area contributed by atoms with Crippen LogP contribution in [0.1, 0.15) is 11.3 Å². The summed E-state index contributed by atoms with van der Waals surface area (Å²) in [6, 6.07) is 10.6. The van der Waals surface area contributed by atoms with Crippen LogP contribution in [0.2, 0.25) is 0 Å². The normalized spacial score (nSPS) is 10.1.